The van der Waals surface area contributed by atoms with Gasteiger partial charge in [0.2, 0.25) is 5.91 Å². The van der Waals surface area contributed by atoms with Crippen LogP contribution in [0.15, 0.2) is 100 Å². The fourth-order valence-electron chi connectivity index (χ4n) is 3.26. The van der Waals surface area contributed by atoms with Crippen LogP contribution in [0.4, 0.5) is 0 Å². The molecule has 0 unspecified atom stereocenters. The highest BCUT2D eigenvalue weighted by atomic mass is 16.4. The molecule has 1 aromatic heterocycles. The second-order valence-corrected chi connectivity index (χ2v) is 6.60. The van der Waals surface area contributed by atoms with Gasteiger partial charge in [-0.2, -0.15) is 0 Å². The Bertz CT molecular complexity index is 1110. The van der Waals surface area contributed by atoms with Gasteiger partial charge in [0.05, 0.1) is 12.5 Å². The lowest BCUT2D eigenvalue weighted by Gasteiger charge is -2.20. The monoisotopic (exact) mass is 369 g/mol. The summed E-state index contributed by atoms with van der Waals surface area (Å²) in [4.78, 5) is 25.0. The highest BCUT2D eigenvalue weighted by Crippen LogP contribution is 2.22. The van der Waals surface area contributed by atoms with Gasteiger partial charge in [0.15, 0.2) is 0 Å². The van der Waals surface area contributed by atoms with Gasteiger partial charge < -0.3 is 9.73 Å². The maximum absolute atomic E-state index is 12.8. The summed E-state index contributed by atoms with van der Waals surface area (Å²) in [5.74, 6) is -0.236. The number of carbonyl (C=O) groups excluding carboxylic acids is 1. The molecule has 0 spiro atoms. The van der Waals surface area contributed by atoms with Gasteiger partial charge in [0.25, 0.3) is 0 Å². The zero-order valence-corrected chi connectivity index (χ0v) is 15.2. The molecule has 28 heavy (non-hydrogen) atoms. The Morgan fingerprint density at radius 3 is 2.04 bits per heavy atom. The minimum atomic E-state index is -0.482. The molecule has 1 heterocycles. The smallest absolute Gasteiger partial charge is 0.339 e. The normalized spacial score (nSPS) is 10.9. The Labute approximate surface area is 162 Å². The molecule has 4 aromatic rings. The van der Waals surface area contributed by atoms with Crippen LogP contribution in [-0.2, 0) is 11.2 Å². The molecule has 1 amide bonds. The van der Waals surface area contributed by atoms with Crippen molar-refractivity contribution in [2.24, 2.45) is 0 Å². The number of benzene rings is 3. The zero-order chi connectivity index (χ0) is 19.3. The summed E-state index contributed by atoms with van der Waals surface area (Å²) < 4.78 is 5.33. The van der Waals surface area contributed by atoms with Crippen molar-refractivity contribution in [2.45, 2.75) is 12.5 Å². The lowest BCUT2D eigenvalue weighted by Crippen LogP contribution is -2.31. The molecule has 3 aromatic carbocycles. The van der Waals surface area contributed by atoms with Crippen molar-refractivity contribution in [3.63, 3.8) is 0 Å². The second kappa shape index (κ2) is 7.92. The van der Waals surface area contributed by atoms with Gasteiger partial charge in [-0.05, 0) is 23.3 Å². The lowest BCUT2D eigenvalue weighted by molar-refractivity contribution is -0.121. The quantitative estimate of drug-likeness (QED) is 0.535. The van der Waals surface area contributed by atoms with Crippen molar-refractivity contribution in [2.75, 3.05) is 0 Å². The predicted octanol–water partition coefficient (Wildman–Crippen LogP) is 4.24. The van der Waals surface area contributed by atoms with Gasteiger partial charge in [-0.1, -0.05) is 78.9 Å². The van der Waals surface area contributed by atoms with Crippen LogP contribution in [0.25, 0.3) is 11.0 Å². The molecule has 0 aliphatic heterocycles. The van der Waals surface area contributed by atoms with Crippen LogP contribution in [-0.4, -0.2) is 5.91 Å². The van der Waals surface area contributed by atoms with Gasteiger partial charge in [-0.3, -0.25) is 4.79 Å². The van der Waals surface area contributed by atoms with E-state index < -0.39 is 5.63 Å². The number of hydrogen-bond donors (Lipinski definition) is 1. The molecule has 1 N–H and O–H groups in total. The molecule has 0 fully saturated rings. The maximum Gasteiger partial charge on any atom is 0.339 e. The van der Waals surface area contributed by atoms with Gasteiger partial charge in [0, 0.05) is 10.9 Å². The van der Waals surface area contributed by atoms with Crippen molar-refractivity contribution >= 4 is 16.9 Å². The number of nitrogens with one attached hydrogen (secondary N) is 1. The van der Waals surface area contributed by atoms with Crippen molar-refractivity contribution < 1.29 is 9.21 Å². The molecule has 0 bridgehead atoms. The molecule has 0 saturated heterocycles. The van der Waals surface area contributed by atoms with Crippen LogP contribution in [0.2, 0.25) is 0 Å². The average molecular weight is 369 g/mol. The van der Waals surface area contributed by atoms with Crippen LogP contribution < -0.4 is 10.9 Å². The molecule has 138 valence electrons. The molecule has 0 aliphatic rings. The number of fused-ring (bicyclic) bond motifs is 1. The van der Waals surface area contributed by atoms with E-state index in [9.17, 15) is 9.59 Å². The van der Waals surface area contributed by atoms with Crippen LogP contribution in [0.1, 0.15) is 22.7 Å². The summed E-state index contributed by atoms with van der Waals surface area (Å²) in [6.07, 6.45) is -0.0384. The first kappa shape index (κ1) is 17.7. The van der Waals surface area contributed by atoms with E-state index in [2.05, 4.69) is 5.32 Å². The molecule has 4 heteroatoms. The maximum atomic E-state index is 12.8. The third-order valence-corrected chi connectivity index (χ3v) is 4.64. The third-order valence-electron chi connectivity index (χ3n) is 4.64. The number of amides is 1. The molecular formula is C24H19NO3. The molecule has 4 nitrogen and oxygen atoms in total. The molecular weight excluding hydrogens is 350 g/mol. The van der Waals surface area contributed by atoms with Gasteiger partial charge >= 0.3 is 5.63 Å². The van der Waals surface area contributed by atoms with Gasteiger partial charge in [0.1, 0.15) is 5.58 Å². The Morgan fingerprint density at radius 1 is 0.821 bits per heavy atom. The molecule has 0 atom stereocenters. The first-order valence-electron chi connectivity index (χ1n) is 9.12. The van der Waals surface area contributed by atoms with E-state index in [0.29, 0.717) is 11.1 Å². The Hall–Kier alpha value is -3.66. The fraction of sp³-hybridized carbons (Fsp3) is 0.0833. The van der Waals surface area contributed by atoms with Crippen LogP contribution in [0.3, 0.4) is 0 Å². The number of para-hydroxylation sites is 1. The van der Waals surface area contributed by atoms with E-state index in [1.807, 2.05) is 78.9 Å². The van der Waals surface area contributed by atoms with Crippen LogP contribution in [0, 0.1) is 0 Å². The van der Waals surface area contributed by atoms with E-state index in [4.69, 9.17) is 4.42 Å². The standard InChI is InChI=1S/C24H19NO3/c26-22(16-20-15-19-13-7-8-14-21(19)28-24(20)27)25-23(17-9-3-1-4-10-17)18-11-5-2-6-12-18/h1-15,23H,16H2,(H,25,26). The van der Waals surface area contributed by atoms with E-state index in [1.165, 1.54) is 0 Å². The minimum Gasteiger partial charge on any atom is -0.423 e. The number of rotatable bonds is 5. The van der Waals surface area contributed by atoms with Crippen molar-refractivity contribution in [3.05, 3.63) is 118 Å². The van der Waals surface area contributed by atoms with Crippen molar-refractivity contribution in [1.29, 1.82) is 0 Å². The first-order valence-corrected chi connectivity index (χ1v) is 9.12. The molecule has 0 saturated carbocycles. The van der Waals surface area contributed by atoms with Crippen molar-refractivity contribution in [3.8, 4) is 0 Å². The van der Waals surface area contributed by atoms with E-state index in [-0.39, 0.29) is 18.4 Å². The SMILES string of the molecule is O=C(Cc1cc2ccccc2oc1=O)NC(c1ccccc1)c1ccccc1. The summed E-state index contributed by atoms with van der Waals surface area (Å²) in [5.41, 5.74) is 2.34. The Balaban J connectivity index is 1.60. The van der Waals surface area contributed by atoms with Gasteiger partial charge in [-0.25, -0.2) is 4.79 Å². The van der Waals surface area contributed by atoms with Crippen molar-refractivity contribution in [1.82, 2.24) is 5.32 Å². The van der Waals surface area contributed by atoms with E-state index in [1.54, 1.807) is 12.1 Å². The Morgan fingerprint density at radius 2 is 1.39 bits per heavy atom. The molecule has 0 radical (unpaired) electrons. The van der Waals surface area contributed by atoms with Crippen LogP contribution >= 0.6 is 0 Å². The average Bonchev–Trinajstić information content (AvgIpc) is 2.74. The third kappa shape index (κ3) is 3.86. The summed E-state index contributed by atoms with van der Waals surface area (Å²) in [6, 6.07) is 28.2. The molecule has 4 rings (SSSR count). The fourth-order valence-corrected chi connectivity index (χ4v) is 3.26. The molecule has 0 aliphatic carbocycles. The number of carbonyl (C=O) groups is 1. The summed E-state index contributed by atoms with van der Waals surface area (Å²) in [7, 11) is 0. The summed E-state index contributed by atoms with van der Waals surface area (Å²) >= 11 is 0. The van der Waals surface area contributed by atoms with Crippen LogP contribution in [0.5, 0.6) is 0 Å². The largest absolute Gasteiger partial charge is 0.423 e. The van der Waals surface area contributed by atoms with Gasteiger partial charge in [-0.15, -0.1) is 0 Å². The minimum absolute atomic E-state index is 0.0384. The first-order chi connectivity index (χ1) is 13.7. The second-order valence-electron chi connectivity index (χ2n) is 6.60. The topological polar surface area (TPSA) is 59.3 Å². The predicted molar refractivity (Wildman–Crippen MR) is 109 cm³/mol. The lowest BCUT2D eigenvalue weighted by atomic mass is 9.98. The Kier molecular flexibility index (Phi) is 5.02. The van der Waals surface area contributed by atoms with E-state index in [0.717, 1.165) is 16.5 Å². The highest BCUT2D eigenvalue weighted by molar-refractivity contribution is 5.82. The highest BCUT2D eigenvalue weighted by Gasteiger charge is 2.18. The zero-order valence-electron chi connectivity index (χ0n) is 15.2. The number of hydrogen-bond acceptors (Lipinski definition) is 3. The summed E-state index contributed by atoms with van der Waals surface area (Å²) in [6.45, 7) is 0. The van der Waals surface area contributed by atoms with E-state index >= 15 is 0 Å². The summed E-state index contributed by atoms with van der Waals surface area (Å²) in [5, 5.41) is 3.85.